The summed E-state index contributed by atoms with van der Waals surface area (Å²) in [4.78, 5) is 24.9. The molecule has 1 fully saturated rings. The topological polar surface area (TPSA) is 61.4 Å². The van der Waals surface area contributed by atoms with Crippen LogP contribution in [-0.4, -0.2) is 25.0 Å². The fourth-order valence-electron chi connectivity index (χ4n) is 1.89. The van der Waals surface area contributed by atoms with Crippen molar-refractivity contribution < 1.29 is 9.59 Å². The van der Waals surface area contributed by atoms with Crippen LogP contribution < -0.4 is 15.5 Å². The first-order valence-electron chi connectivity index (χ1n) is 6.58. The first-order valence-corrected chi connectivity index (χ1v) is 6.58. The summed E-state index contributed by atoms with van der Waals surface area (Å²) < 4.78 is 0. The van der Waals surface area contributed by atoms with Gasteiger partial charge in [-0.3, -0.25) is 9.69 Å². The van der Waals surface area contributed by atoms with Gasteiger partial charge in [-0.25, -0.2) is 4.79 Å². The molecule has 0 aromatic heterocycles. The maximum absolute atomic E-state index is 11.8. The van der Waals surface area contributed by atoms with Gasteiger partial charge >= 0.3 is 6.03 Å². The Morgan fingerprint density at radius 3 is 2.63 bits per heavy atom. The molecule has 5 nitrogen and oxygen atoms in total. The molecular weight excluding hydrogens is 242 g/mol. The predicted molar refractivity (Wildman–Crippen MR) is 75.3 cm³/mol. The van der Waals surface area contributed by atoms with Gasteiger partial charge in [0.15, 0.2) is 0 Å². The van der Waals surface area contributed by atoms with Crippen LogP contribution in [0.3, 0.4) is 0 Å². The van der Waals surface area contributed by atoms with Gasteiger partial charge in [0.05, 0.1) is 0 Å². The highest BCUT2D eigenvalue weighted by Gasteiger charge is 2.20. The number of nitrogens with zero attached hydrogens (tertiary/aromatic N) is 1. The Morgan fingerprint density at radius 2 is 2.11 bits per heavy atom. The third kappa shape index (κ3) is 3.05. The second-order valence-electron chi connectivity index (χ2n) is 4.73. The molecule has 1 aromatic carbocycles. The second-order valence-corrected chi connectivity index (χ2v) is 4.73. The number of hydrogen-bond donors (Lipinski definition) is 2. The Labute approximate surface area is 113 Å². The predicted octanol–water partition coefficient (Wildman–Crippen LogP) is 2.20. The number of anilines is 2. The average Bonchev–Trinajstić information content (AvgIpc) is 2.85. The second kappa shape index (κ2) is 5.73. The van der Waals surface area contributed by atoms with E-state index in [1.807, 2.05) is 38.1 Å². The Morgan fingerprint density at radius 1 is 1.42 bits per heavy atom. The molecule has 1 aliphatic rings. The van der Waals surface area contributed by atoms with Gasteiger partial charge in [-0.1, -0.05) is 13.8 Å². The third-order valence-electron chi connectivity index (χ3n) is 3.36. The van der Waals surface area contributed by atoms with Crippen LogP contribution >= 0.6 is 0 Å². The van der Waals surface area contributed by atoms with Gasteiger partial charge in [0.2, 0.25) is 5.91 Å². The number of carbonyl (C=O) groups is 2. The smallest absolute Gasteiger partial charge is 0.321 e. The number of nitrogens with one attached hydrogen (secondary N) is 2. The highest BCUT2D eigenvalue weighted by Crippen LogP contribution is 2.20. The van der Waals surface area contributed by atoms with E-state index in [4.69, 9.17) is 0 Å². The van der Waals surface area contributed by atoms with Crippen molar-refractivity contribution in [1.29, 1.82) is 0 Å². The largest absolute Gasteiger partial charge is 0.336 e. The van der Waals surface area contributed by atoms with Crippen LogP contribution in [0.25, 0.3) is 0 Å². The summed E-state index contributed by atoms with van der Waals surface area (Å²) in [6, 6.07) is 7.26. The molecule has 0 saturated carbocycles. The van der Waals surface area contributed by atoms with Crippen molar-refractivity contribution in [3.05, 3.63) is 24.3 Å². The van der Waals surface area contributed by atoms with E-state index < -0.39 is 0 Å². The summed E-state index contributed by atoms with van der Waals surface area (Å²) >= 11 is 0. The molecule has 1 aromatic rings. The monoisotopic (exact) mass is 261 g/mol. The van der Waals surface area contributed by atoms with E-state index in [9.17, 15) is 9.59 Å². The fourth-order valence-corrected chi connectivity index (χ4v) is 1.89. The molecule has 0 spiro atoms. The van der Waals surface area contributed by atoms with Crippen LogP contribution in [0.2, 0.25) is 0 Å². The summed E-state index contributed by atoms with van der Waals surface area (Å²) in [6.45, 7) is 5.24. The zero-order valence-corrected chi connectivity index (χ0v) is 11.3. The number of carbonyl (C=O) groups excluding carboxylic acids is 2. The van der Waals surface area contributed by atoms with Gasteiger partial charge in [-0.05, 0) is 30.7 Å². The lowest BCUT2D eigenvalue weighted by molar-refractivity contribution is -0.119. The van der Waals surface area contributed by atoms with Crippen molar-refractivity contribution >= 4 is 23.3 Å². The quantitative estimate of drug-likeness (QED) is 0.872. The summed E-state index contributed by atoms with van der Waals surface area (Å²) in [5.41, 5.74) is 1.60. The highest BCUT2D eigenvalue weighted by atomic mass is 16.2. The van der Waals surface area contributed by atoms with Crippen molar-refractivity contribution in [2.24, 2.45) is 5.92 Å². The van der Waals surface area contributed by atoms with E-state index in [0.717, 1.165) is 17.8 Å². The van der Waals surface area contributed by atoms with Gasteiger partial charge in [0.25, 0.3) is 0 Å². The Balaban J connectivity index is 2.02. The number of benzene rings is 1. The van der Waals surface area contributed by atoms with Crippen molar-refractivity contribution in [2.75, 3.05) is 23.3 Å². The van der Waals surface area contributed by atoms with Gasteiger partial charge in [0.1, 0.15) is 0 Å². The van der Waals surface area contributed by atoms with Crippen molar-refractivity contribution in [2.45, 2.75) is 20.3 Å². The van der Waals surface area contributed by atoms with E-state index >= 15 is 0 Å². The Bertz CT molecular complexity index is 470. The lowest BCUT2D eigenvalue weighted by Gasteiger charge is -2.15. The van der Waals surface area contributed by atoms with Gasteiger partial charge in [-0.15, -0.1) is 0 Å². The van der Waals surface area contributed by atoms with E-state index in [1.165, 1.54) is 0 Å². The first kappa shape index (κ1) is 13.4. The lowest BCUT2D eigenvalue weighted by Crippen LogP contribution is -2.27. The van der Waals surface area contributed by atoms with Crippen LogP contribution in [0.15, 0.2) is 24.3 Å². The average molecular weight is 261 g/mol. The molecule has 3 amide bonds. The molecule has 1 unspecified atom stereocenters. The zero-order chi connectivity index (χ0) is 13.8. The van der Waals surface area contributed by atoms with Gasteiger partial charge in [-0.2, -0.15) is 0 Å². The van der Waals surface area contributed by atoms with Crippen molar-refractivity contribution in [1.82, 2.24) is 5.32 Å². The summed E-state index contributed by atoms with van der Waals surface area (Å²) in [5, 5.41) is 5.62. The maximum atomic E-state index is 11.8. The van der Waals surface area contributed by atoms with E-state index in [2.05, 4.69) is 10.6 Å². The van der Waals surface area contributed by atoms with Crippen LogP contribution in [0.1, 0.15) is 20.3 Å². The summed E-state index contributed by atoms with van der Waals surface area (Å²) in [6.07, 6.45) is 0.817. The normalized spacial score (nSPS) is 16.1. The molecule has 102 valence electrons. The van der Waals surface area contributed by atoms with Gasteiger partial charge in [0, 0.05) is 30.4 Å². The SMILES string of the molecule is CCC(C)C(=O)Nc1ccc(N2CCNC2=O)cc1. The van der Waals surface area contributed by atoms with Crippen LogP contribution in [-0.2, 0) is 4.79 Å². The fraction of sp³-hybridized carbons (Fsp3) is 0.429. The highest BCUT2D eigenvalue weighted by molar-refractivity contribution is 5.95. The number of urea groups is 1. The molecule has 2 rings (SSSR count). The molecule has 1 atom stereocenters. The van der Waals surface area contributed by atoms with Crippen LogP contribution in [0.5, 0.6) is 0 Å². The minimum atomic E-state index is -0.0728. The van der Waals surface area contributed by atoms with Gasteiger partial charge < -0.3 is 10.6 Å². The number of rotatable bonds is 4. The minimum absolute atomic E-state index is 0.00374. The van der Waals surface area contributed by atoms with E-state index in [-0.39, 0.29) is 17.9 Å². The molecule has 19 heavy (non-hydrogen) atoms. The van der Waals surface area contributed by atoms with Crippen LogP contribution in [0, 0.1) is 5.92 Å². The minimum Gasteiger partial charge on any atom is -0.336 e. The molecule has 1 saturated heterocycles. The molecule has 2 N–H and O–H groups in total. The number of hydrogen-bond acceptors (Lipinski definition) is 2. The molecule has 5 heteroatoms. The molecule has 1 heterocycles. The van der Waals surface area contributed by atoms with Crippen molar-refractivity contribution in [3.63, 3.8) is 0 Å². The molecule has 1 aliphatic heterocycles. The van der Waals surface area contributed by atoms with Crippen LogP contribution in [0.4, 0.5) is 16.2 Å². The number of amides is 3. The summed E-state index contributed by atoms with van der Waals surface area (Å²) in [5.74, 6) is 0.0261. The zero-order valence-electron chi connectivity index (χ0n) is 11.3. The van der Waals surface area contributed by atoms with E-state index in [1.54, 1.807) is 4.90 Å². The molecule has 0 bridgehead atoms. The molecule has 0 aliphatic carbocycles. The standard InChI is InChI=1S/C14H19N3O2/c1-3-10(2)13(18)16-11-4-6-12(7-5-11)17-9-8-15-14(17)19/h4-7,10H,3,8-9H2,1-2H3,(H,15,19)(H,16,18). The Kier molecular flexibility index (Phi) is 4.04. The van der Waals surface area contributed by atoms with Crippen molar-refractivity contribution in [3.8, 4) is 0 Å². The third-order valence-corrected chi connectivity index (χ3v) is 3.36. The Hall–Kier alpha value is -2.04. The van der Waals surface area contributed by atoms with E-state index in [0.29, 0.717) is 13.1 Å². The lowest BCUT2D eigenvalue weighted by atomic mass is 10.1. The molecular formula is C14H19N3O2. The maximum Gasteiger partial charge on any atom is 0.321 e. The molecule has 0 radical (unpaired) electrons. The first-order chi connectivity index (χ1) is 9.11. The summed E-state index contributed by atoms with van der Waals surface area (Å²) in [7, 11) is 0.